The Kier molecular flexibility index (Phi) is 2.87. The Labute approximate surface area is 108 Å². The third-order valence-corrected chi connectivity index (χ3v) is 5.23. The number of carbonyl (C=O) groups is 1. The summed E-state index contributed by atoms with van der Waals surface area (Å²) < 4.78 is 5.71. The zero-order chi connectivity index (χ0) is 12.9. The van der Waals surface area contributed by atoms with Crippen molar-refractivity contribution in [1.29, 1.82) is 0 Å². The zero-order valence-electron chi connectivity index (χ0n) is 11.2. The number of rotatable bonds is 2. The molecule has 4 atom stereocenters. The van der Waals surface area contributed by atoms with Crippen molar-refractivity contribution >= 4 is 5.78 Å². The van der Waals surface area contributed by atoms with Gasteiger partial charge >= 0.3 is 0 Å². The minimum absolute atomic E-state index is 0.00318. The number of ether oxygens (including phenoxy) is 1. The second-order valence-corrected chi connectivity index (χ2v) is 6.46. The predicted octanol–water partition coefficient (Wildman–Crippen LogP) is 1.95. The molecule has 1 aliphatic heterocycles. The second-order valence-electron chi connectivity index (χ2n) is 6.46. The molecule has 3 nitrogen and oxygen atoms in total. The van der Waals surface area contributed by atoms with E-state index in [0.717, 1.165) is 13.0 Å². The van der Waals surface area contributed by atoms with Gasteiger partial charge in [0, 0.05) is 17.9 Å². The van der Waals surface area contributed by atoms with Crippen molar-refractivity contribution in [2.45, 2.75) is 38.7 Å². The largest absolute Gasteiger partial charge is 0.392 e. The highest BCUT2D eigenvalue weighted by molar-refractivity contribution is 5.96. The van der Waals surface area contributed by atoms with Crippen molar-refractivity contribution in [2.75, 3.05) is 13.2 Å². The van der Waals surface area contributed by atoms with Crippen LogP contribution in [-0.4, -0.2) is 29.7 Å². The van der Waals surface area contributed by atoms with E-state index in [1.54, 1.807) is 0 Å². The summed E-state index contributed by atoms with van der Waals surface area (Å²) in [5.41, 5.74) is 0.628. The second kappa shape index (κ2) is 4.17. The lowest BCUT2D eigenvalue weighted by molar-refractivity contribution is -0.119. The molecule has 3 heteroatoms. The van der Waals surface area contributed by atoms with Crippen molar-refractivity contribution in [3.05, 3.63) is 11.6 Å². The van der Waals surface area contributed by atoms with Crippen LogP contribution in [0.1, 0.15) is 33.1 Å². The number of allylic oxidation sites excluding steroid dienone is 1. The van der Waals surface area contributed by atoms with Gasteiger partial charge in [-0.1, -0.05) is 19.9 Å². The van der Waals surface area contributed by atoms with E-state index in [0.29, 0.717) is 35.7 Å². The van der Waals surface area contributed by atoms with Crippen LogP contribution in [-0.2, 0) is 9.53 Å². The Hall–Kier alpha value is -0.670. The maximum Gasteiger partial charge on any atom is 0.161 e. The molecule has 18 heavy (non-hydrogen) atoms. The van der Waals surface area contributed by atoms with E-state index in [9.17, 15) is 9.90 Å². The molecule has 0 bridgehead atoms. The molecule has 2 aliphatic carbocycles. The quantitative estimate of drug-likeness (QED) is 0.762. The van der Waals surface area contributed by atoms with Gasteiger partial charge in [-0.05, 0) is 30.6 Å². The van der Waals surface area contributed by atoms with E-state index in [-0.39, 0.29) is 18.0 Å². The Morgan fingerprint density at radius 2 is 2.28 bits per heavy atom. The van der Waals surface area contributed by atoms with Crippen molar-refractivity contribution in [2.24, 2.45) is 23.7 Å². The number of ketones is 1. The summed E-state index contributed by atoms with van der Waals surface area (Å²) in [7, 11) is 0. The van der Waals surface area contributed by atoms with Crippen LogP contribution in [0.25, 0.3) is 0 Å². The van der Waals surface area contributed by atoms with Gasteiger partial charge in [-0.3, -0.25) is 4.79 Å². The first-order valence-corrected chi connectivity index (χ1v) is 7.06. The van der Waals surface area contributed by atoms with Crippen molar-refractivity contribution in [3.63, 3.8) is 0 Å². The lowest BCUT2D eigenvalue weighted by Crippen LogP contribution is -2.45. The molecule has 0 aromatic carbocycles. The molecule has 3 aliphatic rings. The van der Waals surface area contributed by atoms with Crippen LogP contribution in [0, 0.1) is 23.7 Å². The zero-order valence-corrected chi connectivity index (χ0v) is 11.2. The van der Waals surface area contributed by atoms with Gasteiger partial charge in [-0.15, -0.1) is 0 Å². The van der Waals surface area contributed by atoms with E-state index < -0.39 is 0 Å². The van der Waals surface area contributed by atoms with E-state index in [1.165, 1.54) is 6.42 Å². The molecule has 2 fully saturated rings. The number of Topliss-reactive ketones (excluding diaryl/α,β-unsaturated/α-hetero) is 1. The monoisotopic (exact) mass is 250 g/mol. The fraction of sp³-hybridized carbons (Fsp3) is 0.800. The smallest absolute Gasteiger partial charge is 0.161 e. The van der Waals surface area contributed by atoms with Crippen LogP contribution in [0.4, 0.5) is 0 Å². The predicted molar refractivity (Wildman–Crippen MR) is 68.0 cm³/mol. The van der Waals surface area contributed by atoms with E-state index in [2.05, 4.69) is 19.9 Å². The normalized spacial score (nSPS) is 43.0. The minimum Gasteiger partial charge on any atom is -0.392 e. The summed E-state index contributed by atoms with van der Waals surface area (Å²) >= 11 is 0. The third-order valence-electron chi connectivity index (χ3n) is 5.23. The highest BCUT2D eigenvalue weighted by atomic mass is 16.6. The number of fused-ring (bicyclic) bond motifs is 2. The van der Waals surface area contributed by atoms with Gasteiger partial charge in [-0.2, -0.15) is 0 Å². The van der Waals surface area contributed by atoms with Crippen LogP contribution in [0.5, 0.6) is 0 Å². The van der Waals surface area contributed by atoms with E-state index in [1.807, 2.05) is 0 Å². The van der Waals surface area contributed by atoms with Gasteiger partial charge in [0.15, 0.2) is 5.78 Å². The summed E-state index contributed by atoms with van der Waals surface area (Å²) in [6.07, 6.45) is 4.92. The van der Waals surface area contributed by atoms with Crippen molar-refractivity contribution in [3.8, 4) is 0 Å². The summed E-state index contributed by atoms with van der Waals surface area (Å²) in [4.78, 5) is 12.0. The molecule has 3 rings (SSSR count). The highest BCUT2D eigenvalue weighted by Gasteiger charge is 2.59. The van der Waals surface area contributed by atoms with Gasteiger partial charge in [0.1, 0.15) is 0 Å². The fourth-order valence-corrected chi connectivity index (χ4v) is 4.03. The fourth-order valence-electron chi connectivity index (χ4n) is 4.03. The molecule has 0 amide bonds. The number of carbonyl (C=O) groups excluding carboxylic acids is 1. The standard InChI is InChI=1S/C15H22O3/c1-9(2)11-3-4-15(8-18-15)13-6-14(17)10(7-16)5-12(11)13/h5,9,11-13,16H,3-4,6-8H2,1-2H3/t11-,12+,13+,15+/m1/s1. The highest BCUT2D eigenvalue weighted by Crippen LogP contribution is 2.55. The van der Waals surface area contributed by atoms with Crippen LogP contribution in [0.15, 0.2) is 11.6 Å². The Bertz CT molecular complexity index is 393. The first kappa shape index (κ1) is 12.4. The maximum atomic E-state index is 12.0. The molecule has 1 saturated carbocycles. The topological polar surface area (TPSA) is 49.8 Å². The van der Waals surface area contributed by atoms with Crippen LogP contribution in [0.3, 0.4) is 0 Å². The Morgan fingerprint density at radius 1 is 1.56 bits per heavy atom. The number of hydrogen-bond acceptors (Lipinski definition) is 3. The lowest BCUT2D eigenvalue weighted by Gasteiger charge is -2.44. The van der Waals surface area contributed by atoms with Gasteiger partial charge in [0.05, 0.1) is 18.8 Å². The Balaban J connectivity index is 1.94. The number of aliphatic hydroxyl groups is 1. The summed E-state index contributed by atoms with van der Waals surface area (Å²) in [5, 5.41) is 9.30. The van der Waals surface area contributed by atoms with Crippen molar-refractivity contribution in [1.82, 2.24) is 0 Å². The van der Waals surface area contributed by atoms with Gasteiger partial charge in [-0.25, -0.2) is 0 Å². The molecule has 1 heterocycles. The lowest BCUT2D eigenvalue weighted by atomic mass is 9.59. The van der Waals surface area contributed by atoms with E-state index >= 15 is 0 Å². The van der Waals surface area contributed by atoms with Crippen LogP contribution < -0.4 is 0 Å². The average molecular weight is 250 g/mol. The van der Waals surface area contributed by atoms with Crippen LogP contribution >= 0.6 is 0 Å². The average Bonchev–Trinajstić information content (AvgIpc) is 3.10. The molecule has 0 unspecified atom stereocenters. The maximum absolute atomic E-state index is 12.0. The number of aliphatic hydroxyl groups excluding tert-OH is 1. The van der Waals surface area contributed by atoms with Gasteiger partial charge in [0.2, 0.25) is 0 Å². The van der Waals surface area contributed by atoms with Gasteiger partial charge < -0.3 is 9.84 Å². The molecular weight excluding hydrogens is 228 g/mol. The molecule has 0 aromatic rings. The molecule has 100 valence electrons. The summed E-state index contributed by atoms with van der Waals surface area (Å²) in [6, 6.07) is 0. The molecular formula is C15H22O3. The SMILES string of the molecule is CC(C)[C@H]1CC[C@]2(CO2)[C@H]2CC(=O)C(CO)=C[C@@H]12. The molecule has 1 N–H and O–H groups in total. The van der Waals surface area contributed by atoms with Crippen molar-refractivity contribution < 1.29 is 14.6 Å². The summed E-state index contributed by atoms with van der Waals surface area (Å²) in [6.45, 7) is 5.24. The molecule has 1 saturated heterocycles. The number of epoxide rings is 1. The first-order chi connectivity index (χ1) is 8.57. The Morgan fingerprint density at radius 3 is 2.83 bits per heavy atom. The summed E-state index contributed by atoms with van der Waals surface area (Å²) in [5.74, 6) is 2.14. The number of hydrogen-bond donors (Lipinski definition) is 1. The van der Waals surface area contributed by atoms with Crippen LogP contribution in [0.2, 0.25) is 0 Å². The molecule has 1 spiro atoms. The van der Waals surface area contributed by atoms with Gasteiger partial charge in [0.25, 0.3) is 0 Å². The molecule has 0 aromatic heterocycles. The van der Waals surface area contributed by atoms with E-state index in [4.69, 9.17) is 4.74 Å². The first-order valence-electron chi connectivity index (χ1n) is 7.06. The third kappa shape index (κ3) is 1.76. The minimum atomic E-state index is -0.110. The molecule has 0 radical (unpaired) electrons.